The Morgan fingerprint density at radius 2 is 1.85 bits per heavy atom. The Hall–Kier alpha value is -0.420. The van der Waals surface area contributed by atoms with Gasteiger partial charge in [-0.2, -0.15) is 0 Å². The molecule has 13 heavy (non-hydrogen) atoms. The van der Waals surface area contributed by atoms with E-state index in [9.17, 15) is 4.79 Å². The van der Waals surface area contributed by atoms with Gasteiger partial charge in [-0.15, -0.1) is 0 Å². The number of piperazine rings is 1. The summed E-state index contributed by atoms with van der Waals surface area (Å²) in [4.78, 5) is 13.3. The second kappa shape index (κ2) is 4.72. The zero-order chi connectivity index (χ0) is 9.84. The Morgan fingerprint density at radius 1 is 1.31 bits per heavy atom. The van der Waals surface area contributed by atoms with Crippen LogP contribution in [-0.2, 0) is 0 Å². The van der Waals surface area contributed by atoms with Crippen molar-refractivity contribution in [1.29, 1.82) is 0 Å². The van der Waals surface area contributed by atoms with E-state index >= 15 is 0 Å². The zero-order valence-corrected chi connectivity index (χ0v) is 9.05. The number of hydrogen-bond donors (Lipinski definition) is 2. The van der Waals surface area contributed by atoms with Crippen molar-refractivity contribution in [2.45, 2.75) is 19.9 Å². The summed E-state index contributed by atoms with van der Waals surface area (Å²) in [5, 5.41) is 2.87. The number of urea groups is 1. The van der Waals surface area contributed by atoms with E-state index in [1.165, 1.54) is 0 Å². The molecule has 76 valence electrons. The first-order valence-electron chi connectivity index (χ1n) is 4.59. The molecule has 1 aliphatic rings. The normalized spacial score (nSPS) is 19.2. The van der Waals surface area contributed by atoms with Crippen molar-refractivity contribution in [3.05, 3.63) is 0 Å². The highest BCUT2D eigenvalue weighted by Gasteiger charge is 2.19. The standard InChI is InChI=1S/C8H17N3OS/c1-7(2)9-8(12)10-3-5-11(13)6-4-10/h7,13H,3-6H2,1-2H3,(H,9,12). The van der Waals surface area contributed by atoms with Crippen molar-refractivity contribution in [2.75, 3.05) is 26.2 Å². The van der Waals surface area contributed by atoms with Crippen LogP contribution >= 0.6 is 12.8 Å². The summed E-state index contributed by atoms with van der Waals surface area (Å²) in [6.45, 7) is 7.15. The van der Waals surface area contributed by atoms with Crippen molar-refractivity contribution in [1.82, 2.24) is 14.5 Å². The number of rotatable bonds is 1. The lowest BCUT2D eigenvalue weighted by molar-refractivity contribution is 0.174. The molecule has 0 atom stereocenters. The molecule has 0 aromatic heterocycles. The summed E-state index contributed by atoms with van der Waals surface area (Å²) in [7, 11) is 0. The Balaban J connectivity index is 2.31. The highest BCUT2D eigenvalue weighted by atomic mass is 32.1. The van der Waals surface area contributed by atoms with E-state index < -0.39 is 0 Å². The molecule has 0 bridgehead atoms. The maximum absolute atomic E-state index is 11.5. The molecule has 4 nitrogen and oxygen atoms in total. The van der Waals surface area contributed by atoms with Crippen LogP contribution in [0.1, 0.15) is 13.8 Å². The molecule has 0 aromatic carbocycles. The van der Waals surface area contributed by atoms with Crippen molar-refractivity contribution < 1.29 is 4.79 Å². The third-order valence-electron chi connectivity index (χ3n) is 1.96. The van der Waals surface area contributed by atoms with E-state index in [0.29, 0.717) is 0 Å². The van der Waals surface area contributed by atoms with Crippen LogP contribution in [-0.4, -0.2) is 47.5 Å². The lowest BCUT2D eigenvalue weighted by Crippen LogP contribution is -2.50. The Morgan fingerprint density at radius 3 is 2.31 bits per heavy atom. The molecule has 1 N–H and O–H groups in total. The molecular formula is C8H17N3OS. The van der Waals surface area contributed by atoms with Gasteiger partial charge in [0.15, 0.2) is 0 Å². The van der Waals surface area contributed by atoms with Crippen LogP contribution in [0.25, 0.3) is 0 Å². The largest absolute Gasteiger partial charge is 0.336 e. The van der Waals surface area contributed by atoms with Crippen molar-refractivity contribution in [3.63, 3.8) is 0 Å². The van der Waals surface area contributed by atoms with E-state index in [2.05, 4.69) is 18.1 Å². The summed E-state index contributed by atoms with van der Waals surface area (Å²) in [6.07, 6.45) is 0. The molecule has 1 saturated heterocycles. The summed E-state index contributed by atoms with van der Waals surface area (Å²) in [5.41, 5.74) is 0. The molecule has 1 fully saturated rings. The van der Waals surface area contributed by atoms with E-state index in [0.717, 1.165) is 26.2 Å². The van der Waals surface area contributed by atoms with Gasteiger partial charge in [0.05, 0.1) is 0 Å². The average Bonchev–Trinajstić information content (AvgIpc) is 2.04. The minimum Gasteiger partial charge on any atom is -0.336 e. The molecule has 0 aliphatic carbocycles. The molecule has 0 spiro atoms. The fourth-order valence-corrected chi connectivity index (χ4v) is 1.42. The minimum absolute atomic E-state index is 0.0384. The third kappa shape index (κ3) is 3.44. The zero-order valence-electron chi connectivity index (χ0n) is 8.16. The van der Waals surface area contributed by atoms with Crippen LogP contribution < -0.4 is 5.32 Å². The van der Waals surface area contributed by atoms with E-state index in [1.807, 2.05) is 23.1 Å². The van der Waals surface area contributed by atoms with Gasteiger partial charge in [0.25, 0.3) is 0 Å². The molecule has 5 heteroatoms. The number of carbonyl (C=O) groups is 1. The van der Waals surface area contributed by atoms with Gasteiger partial charge in [-0.1, -0.05) is 12.8 Å². The molecule has 0 radical (unpaired) electrons. The monoisotopic (exact) mass is 203 g/mol. The number of thiol groups is 1. The summed E-state index contributed by atoms with van der Waals surface area (Å²) >= 11 is 4.22. The molecule has 2 amide bonds. The van der Waals surface area contributed by atoms with Crippen molar-refractivity contribution >= 4 is 18.8 Å². The van der Waals surface area contributed by atoms with Gasteiger partial charge in [0, 0.05) is 32.2 Å². The Labute approximate surface area is 84.8 Å². The maximum atomic E-state index is 11.5. The molecular weight excluding hydrogens is 186 g/mol. The fourth-order valence-electron chi connectivity index (χ4n) is 1.24. The SMILES string of the molecule is CC(C)NC(=O)N1CCN(S)CC1. The highest BCUT2D eigenvalue weighted by Crippen LogP contribution is 2.03. The van der Waals surface area contributed by atoms with E-state index in [1.54, 1.807) is 0 Å². The molecule has 1 rings (SSSR count). The summed E-state index contributed by atoms with van der Waals surface area (Å²) in [6, 6.07) is 0.248. The van der Waals surface area contributed by atoms with Crippen LogP contribution in [0.2, 0.25) is 0 Å². The lowest BCUT2D eigenvalue weighted by Gasteiger charge is -2.32. The van der Waals surface area contributed by atoms with Crippen LogP contribution in [0.15, 0.2) is 0 Å². The van der Waals surface area contributed by atoms with Gasteiger partial charge in [0.2, 0.25) is 0 Å². The molecule has 0 aromatic rings. The molecule has 0 unspecified atom stereocenters. The first-order chi connectivity index (χ1) is 6.09. The fraction of sp³-hybridized carbons (Fsp3) is 0.875. The first kappa shape index (κ1) is 10.7. The molecule has 1 heterocycles. The summed E-state index contributed by atoms with van der Waals surface area (Å²) < 4.78 is 1.93. The van der Waals surface area contributed by atoms with Crippen LogP contribution in [0, 0.1) is 0 Å². The number of nitrogens with one attached hydrogen (secondary N) is 1. The second-order valence-corrected chi connectivity index (χ2v) is 4.11. The van der Waals surface area contributed by atoms with Gasteiger partial charge >= 0.3 is 6.03 Å². The van der Waals surface area contributed by atoms with Crippen molar-refractivity contribution in [2.24, 2.45) is 0 Å². The highest BCUT2D eigenvalue weighted by molar-refractivity contribution is 7.77. The molecule has 0 saturated carbocycles. The van der Waals surface area contributed by atoms with E-state index in [-0.39, 0.29) is 12.1 Å². The van der Waals surface area contributed by atoms with Crippen LogP contribution in [0.4, 0.5) is 4.79 Å². The minimum atomic E-state index is 0.0384. The van der Waals surface area contributed by atoms with Gasteiger partial charge in [-0.3, -0.25) is 0 Å². The van der Waals surface area contributed by atoms with Crippen LogP contribution in [0.3, 0.4) is 0 Å². The van der Waals surface area contributed by atoms with E-state index in [4.69, 9.17) is 0 Å². The quantitative estimate of drug-likeness (QED) is 0.611. The van der Waals surface area contributed by atoms with Gasteiger partial charge < -0.3 is 10.2 Å². The number of hydrogen-bond acceptors (Lipinski definition) is 3. The predicted molar refractivity (Wildman–Crippen MR) is 55.8 cm³/mol. The predicted octanol–water partition coefficient (Wildman–Crippen LogP) is 0.567. The summed E-state index contributed by atoms with van der Waals surface area (Å²) in [5.74, 6) is 0. The Bertz CT molecular complexity index is 178. The molecule has 1 aliphatic heterocycles. The van der Waals surface area contributed by atoms with Crippen molar-refractivity contribution in [3.8, 4) is 0 Å². The number of nitrogens with zero attached hydrogens (tertiary/aromatic N) is 2. The second-order valence-electron chi connectivity index (χ2n) is 3.54. The van der Waals surface area contributed by atoms with Crippen LogP contribution in [0.5, 0.6) is 0 Å². The Kier molecular flexibility index (Phi) is 3.87. The lowest BCUT2D eigenvalue weighted by atomic mass is 10.3. The first-order valence-corrected chi connectivity index (χ1v) is 4.99. The third-order valence-corrected chi connectivity index (χ3v) is 2.36. The van der Waals surface area contributed by atoms with Gasteiger partial charge in [0.1, 0.15) is 0 Å². The average molecular weight is 203 g/mol. The van der Waals surface area contributed by atoms with Gasteiger partial charge in [-0.25, -0.2) is 9.10 Å². The van der Waals surface area contributed by atoms with Gasteiger partial charge in [-0.05, 0) is 13.8 Å². The maximum Gasteiger partial charge on any atom is 0.317 e. The number of amides is 2. The topological polar surface area (TPSA) is 35.6 Å². The number of carbonyl (C=O) groups excluding carboxylic acids is 1. The smallest absolute Gasteiger partial charge is 0.317 e.